The monoisotopic (exact) mass is 397 g/mol. The molecule has 2 aromatic rings. The Balaban J connectivity index is 2.44. The standard InChI is InChI=1S/C24H31NO4/c1-8-25(9-2)23(27)28-20-15-19(24(5,6)7)14-17(4)21(20)29-22(26)18-12-10-16(3)11-13-18/h10-15H,8-9H2,1-7H3. The Morgan fingerprint density at radius 3 is 2.03 bits per heavy atom. The molecule has 5 nitrogen and oxygen atoms in total. The third kappa shape index (κ3) is 5.59. The molecule has 0 aliphatic rings. The van der Waals surface area contributed by atoms with Gasteiger partial charge in [-0.15, -0.1) is 0 Å². The van der Waals surface area contributed by atoms with Gasteiger partial charge in [-0.2, -0.15) is 0 Å². The van der Waals surface area contributed by atoms with Gasteiger partial charge >= 0.3 is 12.1 Å². The molecule has 1 amide bonds. The number of amides is 1. The number of carbonyl (C=O) groups excluding carboxylic acids is 2. The number of ether oxygens (including phenoxy) is 2. The van der Waals surface area contributed by atoms with Crippen molar-refractivity contribution in [1.82, 2.24) is 4.90 Å². The highest BCUT2D eigenvalue weighted by Crippen LogP contribution is 2.37. The molecule has 0 heterocycles. The van der Waals surface area contributed by atoms with Gasteiger partial charge in [-0.3, -0.25) is 0 Å². The molecule has 29 heavy (non-hydrogen) atoms. The highest BCUT2D eigenvalue weighted by Gasteiger charge is 2.24. The SMILES string of the molecule is CCN(CC)C(=O)Oc1cc(C(C)(C)C)cc(C)c1OC(=O)c1ccc(C)cc1. The Hall–Kier alpha value is -2.82. The van der Waals surface area contributed by atoms with Crippen LogP contribution in [0.5, 0.6) is 11.5 Å². The molecule has 0 fully saturated rings. The van der Waals surface area contributed by atoms with E-state index in [1.807, 2.05) is 45.9 Å². The molecule has 0 aromatic heterocycles. The molecule has 0 N–H and O–H groups in total. The molecule has 0 aliphatic heterocycles. The molecule has 2 aromatic carbocycles. The summed E-state index contributed by atoms with van der Waals surface area (Å²) in [4.78, 5) is 26.8. The van der Waals surface area contributed by atoms with Crippen LogP contribution in [-0.2, 0) is 5.41 Å². The van der Waals surface area contributed by atoms with Crippen LogP contribution in [0.25, 0.3) is 0 Å². The fourth-order valence-electron chi connectivity index (χ4n) is 2.86. The number of hydrogen-bond donors (Lipinski definition) is 0. The second-order valence-corrected chi connectivity index (χ2v) is 8.17. The van der Waals surface area contributed by atoms with Gasteiger partial charge in [0.05, 0.1) is 5.56 Å². The van der Waals surface area contributed by atoms with Crippen molar-refractivity contribution >= 4 is 12.1 Å². The van der Waals surface area contributed by atoms with Crippen molar-refractivity contribution in [2.45, 2.75) is 53.9 Å². The van der Waals surface area contributed by atoms with Gasteiger partial charge in [0.2, 0.25) is 0 Å². The van der Waals surface area contributed by atoms with E-state index >= 15 is 0 Å². The fourth-order valence-corrected chi connectivity index (χ4v) is 2.86. The van der Waals surface area contributed by atoms with E-state index in [-0.39, 0.29) is 16.9 Å². The summed E-state index contributed by atoms with van der Waals surface area (Å²) in [6, 6.07) is 10.9. The quantitative estimate of drug-likeness (QED) is 0.482. The Kier molecular flexibility index (Phi) is 7.07. The second kappa shape index (κ2) is 9.12. The summed E-state index contributed by atoms with van der Waals surface area (Å²) in [5.41, 5.74) is 3.07. The van der Waals surface area contributed by atoms with Gasteiger partial charge in [0.1, 0.15) is 0 Å². The Labute approximate surface area is 173 Å². The summed E-state index contributed by atoms with van der Waals surface area (Å²) < 4.78 is 11.4. The summed E-state index contributed by atoms with van der Waals surface area (Å²) in [6.07, 6.45) is -0.465. The van der Waals surface area contributed by atoms with Crippen molar-refractivity contribution in [3.8, 4) is 11.5 Å². The number of rotatable bonds is 5. The maximum absolute atomic E-state index is 12.7. The van der Waals surface area contributed by atoms with Gasteiger partial charge in [0, 0.05) is 13.1 Å². The molecule has 0 saturated heterocycles. The number of benzene rings is 2. The van der Waals surface area contributed by atoms with E-state index in [1.54, 1.807) is 23.1 Å². The van der Waals surface area contributed by atoms with Crippen LogP contribution in [0.15, 0.2) is 36.4 Å². The lowest BCUT2D eigenvalue weighted by Gasteiger charge is -2.24. The molecule has 0 saturated carbocycles. The first-order chi connectivity index (χ1) is 13.6. The molecule has 5 heteroatoms. The van der Waals surface area contributed by atoms with Gasteiger partial charge in [0.25, 0.3) is 0 Å². The first kappa shape index (κ1) is 22.5. The average Bonchev–Trinajstić information content (AvgIpc) is 2.64. The number of nitrogens with zero attached hydrogens (tertiary/aromatic N) is 1. The van der Waals surface area contributed by atoms with Crippen molar-refractivity contribution < 1.29 is 19.1 Å². The van der Waals surface area contributed by atoms with E-state index in [1.165, 1.54) is 0 Å². The van der Waals surface area contributed by atoms with E-state index in [9.17, 15) is 9.59 Å². The predicted molar refractivity (Wildman–Crippen MR) is 115 cm³/mol. The highest BCUT2D eigenvalue weighted by atomic mass is 16.6. The number of carbonyl (C=O) groups is 2. The van der Waals surface area contributed by atoms with Crippen LogP contribution < -0.4 is 9.47 Å². The molecule has 156 valence electrons. The molecule has 0 spiro atoms. The molecular weight excluding hydrogens is 366 g/mol. The van der Waals surface area contributed by atoms with Crippen LogP contribution in [0.1, 0.15) is 61.7 Å². The molecule has 0 radical (unpaired) electrons. The van der Waals surface area contributed by atoms with Crippen molar-refractivity contribution in [2.24, 2.45) is 0 Å². The van der Waals surface area contributed by atoms with Gasteiger partial charge < -0.3 is 14.4 Å². The van der Waals surface area contributed by atoms with Gasteiger partial charge in [0.15, 0.2) is 11.5 Å². The molecule has 0 unspecified atom stereocenters. The zero-order valence-electron chi connectivity index (χ0n) is 18.5. The van der Waals surface area contributed by atoms with Crippen molar-refractivity contribution in [3.05, 3.63) is 58.7 Å². The van der Waals surface area contributed by atoms with Crippen molar-refractivity contribution in [3.63, 3.8) is 0 Å². The van der Waals surface area contributed by atoms with Crippen LogP contribution in [-0.4, -0.2) is 30.1 Å². The summed E-state index contributed by atoms with van der Waals surface area (Å²) in [5, 5.41) is 0. The Morgan fingerprint density at radius 1 is 0.931 bits per heavy atom. The minimum Gasteiger partial charge on any atom is -0.419 e. The third-order valence-corrected chi connectivity index (χ3v) is 4.81. The second-order valence-electron chi connectivity index (χ2n) is 8.17. The summed E-state index contributed by atoms with van der Waals surface area (Å²) in [6.45, 7) is 14.9. The average molecular weight is 398 g/mol. The van der Waals surface area contributed by atoms with Crippen LogP contribution in [0.2, 0.25) is 0 Å². The van der Waals surface area contributed by atoms with E-state index < -0.39 is 12.1 Å². The lowest BCUT2D eigenvalue weighted by atomic mass is 9.86. The molecule has 0 aliphatic carbocycles. The maximum Gasteiger partial charge on any atom is 0.415 e. The number of esters is 1. The minimum absolute atomic E-state index is 0.152. The number of aryl methyl sites for hydroxylation is 2. The minimum atomic E-state index is -0.489. The van der Waals surface area contributed by atoms with Crippen LogP contribution in [0.4, 0.5) is 4.79 Å². The molecular formula is C24H31NO4. The zero-order valence-corrected chi connectivity index (χ0v) is 18.5. The third-order valence-electron chi connectivity index (χ3n) is 4.81. The Morgan fingerprint density at radius 2 is 1.52 bits per heavy atom. The topological polar surface area (TPSA) is 55.8 Å². The van der Waals surface area contributed by atoms with Crippen LogP contribution in [0.3, 0.4) is 0 Å². The van der Waals surface area contributed by atoms with E-state index in [2.05, 4.69) is 20.8 Å². The largest absolute Gasteiger partial charge is 0.419 e. The van der Waals surface area contributed by atoms with Crippen LogP contribution in [0, 0.1) is 13.8 Å². The van der Waals surface area contributed by atoms with Crippen LogP contribution >= 0.6 is 0 Å². The zero-order chi connectivity index (χ0) is 21.8. The number of hydrogen-bond acceptors (Lipinski definition) is 4. The first-order valence-electron chi connectivity index (χ1n) is 9.97. The van der Waals surface area contributed by atoms with Gasteiger partial charge in [-0.25, -0.2) is 9.59 Å². The molecule has 0 atom stereocenters. The van der Waals surface area contributed by atoms with E-state index in [4.69, 9.17) is 9.47 Å². The van der Waals surface area contributed by atoms with E-state index in [0.29, 0.717) is 18.7 Å². The maximum atomic E-state index is 12.7. The summed E-state index contributed by atoms with van der Waals surface area (Å²) in [5.74, 6) is 0.0353. The van der Waals surface area contributed by atoms with Crippen molar-refractivity contribution in [1.29, 1.82) is 0 Å². The Bertz CT molecular complexity index is 875. The summed E-state index contributed by atoms with van der Waals surface area (Å²) in [7, 11) is 0. The van der Waals surface area contributed by atoms with Gasteiger partial charge in [-0.05, 0) is 62.4 Å². The molecule has 2 rings (SSSR count). The highest BCUT2D eigenvalue weighted by molar-refractivity contribution is 5.91. The lowest BCUT2D eigenvalue weighted by molar-refractivity contribution is 0.0726. The molecule has 0 bridgehead atoms. The lowest BCUT2D eigenvalue weighted by Crippen LogP contribution is -2.33. The fraction of sp³-hybridized carbons (Fsp3) is 0.417. The van der Waals surface area contributed by atoms with Gasteiger partial charge in [-0.1, -0.05) is 44.5 Å². The first-order valence-corrected chi connectivity index (χ1v) is 9.97. The normalized spacial score (nSPS) is 11.1. The smallest absolute Gasteiger partial charge is 0.415 e. The predicted octanol–water partition coefficient (Wildman–Crippen LogP) is 5.66. The van der Waals surface area contributed by atoms with E-state index in [0.717, 1.165) is 16.7 Å². The van der Waals surface area contributed by atoms with Crippen molar-refractivity contribution in [2.75, 3.05) is 13.1 Å². The summed E-state index contributed by atoms with van der Waals surface area (Å²) >= 11 is 0.